The Balaban J connectivity index is 1.52. The second-order valence-electron chi connectivity index (χ2n) is 9.81. The van der Waals surface area contributed by atoms with Crippen LogP contribution in [0, 0.1) is 0 Å². The number of benzene rings is 1. The molecule has 4 aromatic rings. The van der Waals surface area contributed by atoms with E-state index in [1.165, 1.54) is 16.8 Å². The van der Waals surface area contributed by atoms with Gasteiger partial charge in [-0.3, -0.25) is 9.47 Å². The second kappa shape index (κ2) is 12.5. The lowest BCUT2D eigenvalue weighted by Crippen LogP contribution is -2.41. The van der Waals surface area contributed by atoms with Crippen molar-refractivity contribution in [3.8, 4) is 17.1 Å². The molecule has 0 spiro atoms. The summed E-state index contributed by atoms with van der Waals surface area (Å²) in [4.78, 5) is 23.5. The van der Waals surface area contributed by atoms with Crippen molar-refractivity contribution in [2.45, 2.75) is 51.0 Å². The zero-order valence-electron chi connectivity index (χ0n) is 22.9. The average Bonchev–Trinajstić information content (AvgIpc) is 3.62. The van der Waals surface area contributed by atoms with E-state index < -0.39 is 10.0 Å². The smallest absolute Gasteiger partial charge is 0.336 e. The van der Waals surface area contributed by atoms with Crippen molar-refractivity contribution >= 4 is 26.8 Å². The van der Waals surface area contributed by atoms with E-state index in [1.807, 2.05) is 6.92 Å². The summed E-state index contributed by atoms with van der Waals surface area (Å²) >= 11 is 0. The van der Waals surface area contributed by atoms with Gasteiger partial charge in [0.15, 0.2) is 11.3 Å². The number of hydrogen-bond donors (Lipinski definition) is 2. The Bertz CT molecular complexity index is 1620. The van der Waals surface area contributed by atoms with Gasteiger partial charge in [0.25, 0.3) is 0 Å². The first-order valence-corrected chi connectivity index (χ1v) is 15.3. The first-order chi connectivity index (χ1) is 19.4. The molecule has 1 aliphatic rings. The number of H-pyrrole nitrogens is 1. The molecule has 5 rings (SSSR count). The molecule has 40 heavy (non-hydrogen) atoms. The van der Waals surface area contributed by atoms with E-state index in [9.17, 15) is 13.2 Å². The molecule has 1 saturated heterocycles. The molecule has 0 amide bonds. The van der Waals surface area contributed by atoms with Crippen molar-refractivity contribution in [2.75, 3.05) is 46.0 Å². The van der Waals surface area contributed by atoms with Crippen LogP contribution < -0.4 is 15.1 Å². The van der Waals surface area contributed by atoms with Gasteiger partial charge in [0.05, 0.1) is 30.3 Å². The SMILES string of the molecule is CCCCCn1c(=O)n2cnnc2c2[nH]c(-c3cc(S(=O)(=O)NCCN4CCOCC4)ccc3OCCC)nc21. The Hall–Kier alpha value is -3.33. The van der Waals surface area contributed by atoms with Crippen LogP contribution >= 0.6 is 0 Å². The minimum Gasteiger partial charge on any atom is -0.493 e. The van der Waals surface area contributed by atoms with Crippen LogP contribution in [0.3, 0.4) is 0 Å². The van der Waals surface area contributed by atoms with Crippen LogP contribution in [0.2, 0.25) is 0 Å². The number of sulfonamides is 1. The van der Waals surface area contributed by atoms with E-state index in [2.05, 4.69) is 31.7 Å². The molecule has 3 aromatic heterocycles. The summed E-state index contributed by atoms with van der Waals surface area (Å²) in [6, 6.07) is 4.74. The number of aryl methyl sites for hydroxylation is 1. The largest absolute Gasteiger partial charge is 0.493 e. The van der Waals surface area contributed by atoms with Crippen molar-refractivity contribution in [3.05, 3.63) is 35.0 Å². The van der Waals surface area contributed by atoms with Gasteiger partial charge in [0, 0.05) is 32.7 Å². The van der Waals surface area contributed by atoms with Crippen molar-refractivity contribution in [2.24, 2.45) is 0 Å². The minimum atomic E-state index is -3.80. The molecule has 0 radical (unpaired) electrons. The highest BCUT2D eigenvalue weighted by Crippen LogP contribution is 2.32. The zero-order chi connectivity index (χ0) is 28.1. The standard InChI is InChI=1S/C26H36N8O5S/c1-3-5-6-10-33-24-22(25-31-27-18-34(25)26(33)35)29-23(30-24)20-17-19(7-8-21(20)39-14-4-2)40(36,37)28-9-11-32-12-15-38-16-13-32/h7-8,17-18,28H,3-6,9-16H2,1-2H3,(H,29,30). The van der Waals surface area contributed by atoms with Crippen LogP contribution in [0.4, 0.5) is 0 Å². The number of rotatable bonds is 13. The Morgan fingerprint density at radius 1 is 1.10 bits per heavy atom. The van der Waals surface area contributed by atoms with Crippen LogP contribution in [-0.2, 0) is 21.3 Å². The monoisotopic (exact) mass is 572 g/mol. The molecule has 0 aliphatic carbocycles. The Morgan fingerprint density at radius 2 is 1.93 bits per heavy atom. The number of aromatic amines is 1. The minimum absolute atomic E-state index is 0.0988. The van der Waals surface area contributed by atoms with Crippen LogP contribution in [0.5, 0.6) is 5.75 Å². The quantitative estimate of drug-likeness (QED) is 0.230. The number of nitrogens with zero attached hydrogens (tertiary/aromatic N) is 6. The van der Waals surface area contributed by atoms with E-state index in [0.29, 0.717) is 66.9 Å². The molecule has 13 nitrogen and oxygen atoms in total. The summed E-state index contributed by atoms with van der Waals surface area (Å²) in [5.74, 6) is 0.872. The van der Waals surface area contributed by atoms with E-state index in [1.54, 1.807) is 16.7 Å². The summed E-state index contributed by atoms with van der Waals surface area (Å²) in [5, 5.41) is 8.06. The third kappa shape index (κ3) is 5.89. The topological polar surface area (TPSA) is 149 Å². The molecule has 2 N–H and O–H groups in total. The van der Waals surface area contributed by atoms with E-state index in [4.69, 9.17) is 14.5 Å². The van der Waals surface area contributed by atoms with Crippen molar-refractivity contribution in [1.29, 1.82) is 0 Å². The predicted molar refractivity (Wildman–Crippen MR) is 150 cm³/mol. The molecule has 14 heteroatoms. The van der Waals surface area contributed by atoms with Gasteiger partial charge in [0.1, 0.15) is 23.4 Å². The fourth-order valence-electron chi connectivity index (χ4n) is 4.78. The molecule has 4 heterocycles. The van der Waals surface area contributed by atoms with Crippen molar-refractivity contribution in [1.82, 2.24) is 38.8 Å². The number of imidazole rings is 1. The lowest BCUT2D eigenvalue weighted by molar-refractivity contribution is 0.0390. The molecule has 1 fully saturated rings. The predicted octanol–water partition coefficient (Wildman–Crippen LogP) is 2.02. The number of ether oxygens (including phenoxy) is 2. The first-order valence-electron chi connectivity index (χ1n) is 13.8. The Kier molecular flexibility index (Phi) is 8.78. The fourth-order valence-corrected chi connectivity index (χ4v) is 5.82. The van der Waals surface area contributed by atoms with Crippen LogP contribution in [0.15, 0.2) is 34.2 Å². The van der Waals surface area contributed by atoms with Gasteiger partial charge < -0.3 is 14.5 Å². The summed E-state index contributed by atoms with van der Waals surface area (Å²) in [7, 11) is -3.80. The zero-order valence-corrected chi connectivity index (χ0v) is 23.7. The van der Waals surface area contributed by atoms with Crippen molar-refractivity contribution < 1.29 is 17.9 Å². The van der Waals surface area contributed by atoms with Crippen LogP contribution in [0.25, 0.3) is 28.2 Å². The molecule has 0 bridgehead atoms. The highest BCUT2D eigenvalue weighted by atomic mass is 32.2. The number of hydrogen-bond acceptors (Lipinski definition) is 9. The fraction of sp³-hybridized carbons (Fsp3) is 0.538. The van der Waals surface area contributed by atoms with Crippen LogP contribution in [0.1, 0.15) is 39.5 Å². The van der Waals surface area contributed by atoms with E-state index in [0.717, 1.165) is 38.8 Å². The molecule has 0 atom stereocenters. The van der Waals surface area contributed by atoms with Gasteiger partial charge in [-0.05, 0) is 31.0 Å². The van der Waals surface area contributed by atoms with Gasteiger partial charge in [-0.25, -0.2) is 27.3 Å². The number of fused-ring (bicyclic) bond motifs is 3. The molecule has 1 aromatic carbocycles. The second-order valence-corrected chi connectivity index (χ2v) is 11.6. The Morgan fingerprint density at radius 3 is 2.70 bits per heavy atom. The Labute approximate surface area is 232 Å². The molecular weight excluding hydrogens is 536 g/mol. The molecular formula is C26H36N8O5S. The first kappa shape index (κ1) is 28.2. The molecule has 0 unspecified atom stereocenters. The molecule has 0 saturated carbocycles. The van der Waals surface area contributed by atoms with Gasteiger partial charge in [-0.15, -0.1) is 10.2 Å². The lowest BCUT2D eigenvalue weighted by Gasteiger charge is -2.26. The van der Waals surface area contributed by atoms with E-state index in [-0.39, 0.29) is 17.1 Å². The number of unbranched alkanes of at least 4 members (excludes halogenated alkanes) is 2. The van der Waals surface area contributed by atoms with Crippen LogP contribution in [-0.4, -0.2) is 88.5 Å². The lowest BCUT2D eigenvalue weighted by atomic mass is 10.2. The van der Waals surface area contributed by atoms with Crippen molar-refractivity contribution in [3.63, 3.8) is 0 Å². The van der Waals surface area contributed by atoms with E-state index >= 15 is 0 Å². The van der Waals surface area contributed by atoms with Gasteiger partial charge in [-0.2, -0.15) is 0 Å². The highest BCUT2D eigenvalue weighted by Gasteiger charge is 2.22. The van der Waals surface area contributed by atoms with Gasteiger partial charge >= 0.3 is 5.69 Å². The molecule has 216 valence electrons. The molecule has 1 aliphatic heterocycles. The third-order valence-electron chi connectivity index (χ3n) is 6.94. The highest BCUT2D eigenvalue weighted by molar-refractivity contribution is 7.89. The normalized spacial score (nSPS) is 14.8. The van der Waals surface area contributed by atoms with Gasteiger partial charge in [0.2, 0.25) is 10.0 Å². The number of morpholine rings is 1. The summed E-state index contributed by atoms with van der Waals surface area (Å²) in [6.45, 7) is 8.79. The summed E-state index contributed by atoms with van der Waals surface area (Å²) in [5.41, 5.74) is 1.54. The summed E-state index contributed by atoms with van der Waals surface area (Å²) < 4.78 is 43.5. The summed E-state index contributed by atoms with van der Waals surface area (Å²) in [6.07, 6.45) is 4.97. The van der Waals surface area contributed by atoms with Gasteiger partial charge in [-0.1, -0.05) is 26.7 Å². The maximum atomic E-state index is 13.2. The maximum Gasteiger partial charge on any atom is 0.336 e. The average molecular weight is 573 g/mol. The third-order valence-corrected chi connectivity index (χ3v) is 8.39. The number of aromatic nitrogens is 6. The maximum absolute atomic E-state index is 13.2. The number of nitrogens with one attached hydrogen (secondary N) is 2.